The molecule has 1 aromatic rings. The van der Waals surface area contributed by atoms with Crippen LogP contribution in [0.25, 0.3) is 0 Å². The van der Waals surface area contributed by atoms with Crippen LogP contribution in [0.3, 0.4) is 0 Å². The summed E-state index contributed by atoms with van der Waals surface area (Å²) in [5.41, 5.74) is 1.70. The third-order valence-electron chi connectivity index (χ3n) is 2.63. The Balaban J connectivity index is 2.53. The van der Waals surface area contributed by atoms with Crippen molar-refractivity contribution in [3.05, 3.63) is 29.6 Å². The molecule has 0 aromatic carbocycles. The van der Waals surface area contributed by atoms with Crippen LogP contribution in [-0.2, 0) is 27.8 Å². The van der Waals surface area contributed by atoms with Crippen molar-refractivity contribution < 1.29 is 18.3 Å². The smallest absolute Gasteiger partial charge is 0.303 e. The molecular weight excluding hydrogens is 268 g/mol. The van der Waals surface area contributed by atoms with E-state index in [-0.39, 0.29) is 25.1 Å². The average molecular weight is 286 g/mol. The monoisotopic (exact) mass is 286 g/mol. The third kappa shape index (κ3) is 5.80. The maximum absolute atomic E-state index is 11.7. The van der Waals surface area contributed by atoms with Gasteiger partial charge in [-0.1, -0.05) is 13.0 Å². The zero-order valence-corrected chi connectivity index (χ0v) is 11.6. The number of aliphatic carboxylic acids is 1. The van der Waals surface area contributed by atoms with Gasteiger partial charge in [-0.25, -0.2) is 13.1 Å². The topological polar surface area (TPSA) is 96.4 Å². The van der Waals surface area contributed by atoms with Crippen molar-refractivity contribution in [2.75, 3.05) is 5.75 Å². The van der Waals surface area contributed by atoms with Crippen molar-refractivity contribution in [1.29, 1.82) is 0 Å². The molecule has 0 saturated heterocycles. The molecule has 106 valence electrons. The van der Waals surface area contributed by atoms with Crippen LogP contribution in [0.1, 0.15) is 31.0 Å². The molecule has 7 heteroatoms. The van der Waals surface area contributed by atoms with Gasteiger partial charge < -0.3 is 5.11 Å². The van der Waals surface area contributed by atoms with Gasteiger partial charge in [0.15, 0.2) is 0 Å². The zero-order valence-electron chi connectivity index (χ0n) is 10.8. The van der Waals surface area contributed by atoms with Gasteiger partial charge in [0.2, 0.25) is 10.0 Å². The number of nitrogens with one attached hydrogen (secondary N) is 1. The van der Waals surface area contributed by atoms with E-state index in [4.69, 9.17) is 5.11 Å². The lowest BCUT2D eigenvalue weighted by Crippen LogP contribution is -2.27. The van der Waals surface area contributed by atoms with E-state index < -0.39 is 16.0 Å². The standard InChI is InChI=1S/C12H18N2O4S/c1-2-10-5-3-7-13-11(10)9-14-19(17,18)8-4-6-12(15)16/h3,5,7,14H,2,4,6,8-9H2,1H3,(H,15,16). The number of carboxylic acids is 1. The van der Waals surface area contributed by atoms with Crippen LogP contribution >= 0.6 is 0 Å². The minimum absolute atomic E-state index is 0.105. The Morgan fingerprint density at radius 3 is 2.84 bits per heavy atom. The highest BCUT2D eigenvalue weighted by Crippen LogP contribution is 2.06. The van der Waals surface area contributed by atoms with Crippen molar-refractivity contribution in [1.82, 2.24) is 9.71 Å². The van der Waals surface area contributed by atoms with E-state index in [1.54, 1.807) is 6.20 Å². The van der Waals surface area contributed by atoms with Gasteiger partial charge in [0, 0.05) is 12.6 Å². The summed E-state index contributed by atoms with van der Waals surface area (Å²) < 4.78 is 25.7. The van der Waals surface area contributed by atoms with Gasteiger partial charge in [-0.15, -0.1) is 0 Å². The molecule has 0 aliphatic rings. The van der Waals surface area contributed by atoms with Crippen LogP contribution in [0, 0.1) is 0 Å². The fourth-order valence-corrected chi connectivity index (χ4v) is 2.64. The lowest BCUT2D eigenvalue weighted by molar-refractivity contribution is -0.137. The Morgan fingerprint density at radius 1 is 1.47 bits per heavy atom. The molecule has 0 fully saturated rings. The van der Waals surface area contributed by atoms with Gasteiger partial charge in [0.05, 0.1) is 18.0 Å². The van der Waals surface area contributed by atoms with Crippen LogP contribution < -0.4 is 4.72 Å². The predicted octanol–water partition coefficient (Wildman–Crippen LogP) is 0.928. The summed E-state index contributed by atoms with van der Waals surface area (Å²) in [6.07, 6.45) is 2.36. The molecule has 0 unspecified atom stereocenters. The molecule has 0 amide bonds. The summed E-state index contributed by atoms with van der Waals surface area (Å²) in [5, 5.41) is 8.46. The molecular formula is C12H18N2O4S. The fourth-order valence-electron chi connectivity index (χ4n) is 1.62. The highest BCUT2D eigenvalue weighted by atomic mass is 32.2. The molecule has 0 aliphatic carbocycles. The van der Waals surface area contributed by atoms with Gasteiger partial charge in [-0.2, -0.15) is 0 Å². The number of aromatic nitrogens is 1. The van der Waals surface area contributed by atoms with E-state index in [2.05, 4.69) is 9.71 Å². The van der Waals surface area contributed by atoms with Crippen molar-refractivity contribution >= 4 is 16.0 Å². The molecule has 0 saturated carbocycles. The zero-order chi connectivity index (χ0) is 14.3. The number of sulfonamides is 1. The molecule has 1 rings (SSSR count). The van der Waals surface area contributed by atoms with E-state index >= 15 is 0 Å². The van der Waals surface area contributed by atoms with Crippen LogP contribution in [-0.4, -0.2) is 30.2 Å². The molecule has 1 aromatic heterocycles. The molecule has 1 heterocycles. The van der Waals surface area contributed by atoms with Crippen LogP contribution in [0.2, 0.25) is 0 Å². The van der Waals surface area contributed by atoms with Crippen molar-refractivity contribution in [2.45, 2.75) is 32.7 Å². The fraction of sp³-hybridized carbons (Fsp3) is 0.500. The lowest BCUT2D eigenvalue weighted by atomic mass is 10.1. The number of pyridine rings is 1. The second-order valence-electron chi connectivity index (χ2n) is 4.10. The van der Waals surface area contributed by atoms with Crippen molar-refractivity contribution in [3.63, 3.8) is 0 Å². The number of hydrogen-bond acceptors (Lipinski definition) is 4. The van der Waals surface area contributed by atoms with E-state index in [1.807, 2.05) is 19.1 Å². The summed E-state index contributed by atoms with van der Waals surface area (Å²) in [5.74, 6) is -1.18. The Hall–Kier alpha value is -1.47. The third-order valence-corrected chi connectivity index (χ3v) is 4.04. The largest absolute Gasteiger partial charge is 0.481 e. The van der Waals surface area contributed by atoms with E-state index in [0.717, 1.165) is 12.0 Å². The molecule has 6 nitrogen and oxygen atoms in total. The summed E-state index contributed by atoms with van der Waals surface area (Å²) in [7, 11) is -3.45. The molecule has 0 spiro atoms. The molecule has 0 radical (unpaired) electrons. The SMILES string of the molecule is CCc1cccnc1CNS(=O)(=O)CCCC(=O)O. The number of hydrogen-bond donors (Lipinski definition) is 2. The Labute approximate surface area is 112 Å². The minimum atomic E-state index is -3.45. The maximum Gasteiger partial charge on any atom is 0.303 e. The summed E-state index contributed by atoms with van der Waals surface area (Å²) in [6, 6.07) is 3.71. The minimum Gasteiger partial charge on any atom is -0.481 e. The highest BCUT2D eigenvalue weighted by molar-refractivity contribution is 7.89. The average Bonchev–Trinajstić information content (AvgIpc) is 2.36. The lowest BCUT2D eigenvalue weighted by Gasteiger charge is -2.08. The number of aryl methyl sites for hydroxylation is 1. The maximum atomic E-state index is 11.7. The van der Waals surface area contributed by atoms with Crippen LogP contribution in [0.15, 0.2) is 18.3 Å². The van der Waals surface area contributed by atoms with Crippen LogP contribution in [0.5, 0.6) is 0 Å². The molecule has 0 bridgehead atoms. The first-order valence-corrected chi connectivity index (χ1v) is 7.71. The second-order valence-corrected chi connectivity index (χ2v) is 6.03. The summed E-state index contributed by atoms with van der Waals surface area (Å²) >= 11 is 0. The van der Waals surface area contributed by atoms with Gasteiger partial charge >= 0.3 is 5.97 Å². The second kappa shape index (κ2) is 7.20. The Morgan fingerprint density at radius 2 is 2.21 bits per heavy atom. The summed E-state index contributed by atoms with van der Waals surface area (Å²) in [4.78, 5) is 14.5. The molecule has 0 atom stereocenters. The Kier molecular flexibility index (Phi) is 5.91. The number of nitrogens with zero attached hydrogens (tertiary/aromatic N) is 1. The number of carbonyl (C=O) groups is 1. The van der Waals surface area contributed by atoms with Gasteiger partial charge in [-0.05, 0) is 24.5 Å². The first-order valence-electron chi connectivity index (χ1n) is 6.06. The normalized spacial score (nSPS) is 11.4. The first kappa shape index (κ1) is 15.6. The molecule has 2 N–H and O–H groups in total. The van der Waals surface area contributed by atoms with E-state index in [1.165, 1.54) is 0 Å². The summed E-state index contributed by atoms with van der Waals surface area (Å²) in [6.45, 7) is 2.11. The van der Waals surface area contributed by atoms with Gasteiger partial charge in [-0.3, -0.25) is 9.78 Å². The van der Waals surface area contributed by atoms with Crippen LogP contribution in [0.4, 0.5) is 0 Å². The number of rotatable bonds is 8. The van der Waals surface area contributed by atoms with Gasteiger partial charge in [0.25, 0.3) is 0 Å². The molecule has 0 aliphatic heterocycles. The highest BCUT2D eigenvalue weighted by Gasteiger charge is 2.12. The van der Waals surface area contributed by atoms with Crippen molar-refractivity contribution in [3.8, 4) is 0 Å². The molecule has 19 heavy (non-hydrogen) atoms. The number of carboxylic acid groups (broad SMARTS) is 1. The van der Waals surface area contributed by atoms with E-state index in [9.17, 15) is 13.2 Å². The van der Waals surface area contributed by atoms with Crippen molar-refractivity contribution in [2.24, 2.45) is 0 Å². The van der Waals surface area contributed by atoms with Gasteiger partial charge in [0.1, 0.15) is 0 Å². The first-order chi connectivity index (χ1) is 8.94. The predicted molar refractivity (Wildman–Crippen MR) is 71.1 cm³/mol. The quantitative estimate of drug-likeness (QED) is 0.741. The Bertz CT molecular complexity index is 528. The van der Waals surface area contributed by atoms with E-state index in [0.29, 0.717) is 5.69 Å².